The van der Waals surface area contributed by atoms with Crippen LogP contribution in [0.4, 0.5) is 11.4 Å². The Hall–Kier alpha value is -2.49. The Morgan fingerprint density at radius 2 is 2.05 bits per heavy atom. The summed E-state index contributed by atoms with van der Waals surface area (Å²) in [6.07, 6.45) is 0.693. The number of para-hydroxylation sites is 1. The van der Waals surface area contributed by atoms with Crippen LogP contribution in [-0.4, -0.2) is 24.1 Å². The lowest BCUT2D eigenvalue weighted by atomic mass is 10.1. The molecule has 1 atom stereocenters. The van der Waals surface area contributed by atoms with Crippen LogP contribution in [0.2, 0.25) is 0 Å². The van der Waals surface area contributed by atoms with Gasteiger partial charge in [0.15, 0.2) is 0 Å². The molecule has 2 aromatic rings. The molecule has 0 saturated carbocycles. The molecule has 0 radical (unpaired) electrons. The summed E-state index contributed by atoms with van der Waals surface area (Å²) in [7, 11) is 1.72. The molecule has 0 spiro atoms. The van der Waals surface area contributed by atoms with Crippen molar-refractivity contribution in [3.63, 3.8) is 0 Å². The largest absolute Gasteiger partial charge is 0.508 e. The number of carbonyl (C=O) groups is 1. The third-order valence-electron chi connectivity index (χ3n) is 3.62. The number of hydrogen-bond donors (Lipinski definition) is 2. The van der Waals surface area contributed by atoms with Gasteiger partial charge in [-0.05, 0) is 23.8 Å². The maximum atomic E-state index is 12.5. The second kappa shape index (κ2) is 4.89. The Morgan fingerprint density at radius 1 is 1.25 bits per heavy atom. The Bertz CT molecular complexity index is 629. The molecule has 1 heterocycles. The van der Waals surface area contributed by atoms with E-state index < -0.39 is 0 Å². The average Bonchev–Trinajstić information content (AvgIpc) is 2.89. The average molecular weight is 268 g/mol. The fraction of sp³-hybridized carbons (Fsp3) is 0.188. The smallest absolute Gasteiger partial charge is 0.249 e. The number of anilines is 2. The summed E-state index contributed by atoms with van der Waals surface area (Å²) in [5, 5.41) is 12.7. The van der Waals surface area contributed by atoms with Crippen molar-refractivity contribution < 1.29 is 9.90 Å². The van der Waals surface area contributed by atoms with Gasteiger partial charge >= 0.3 is 0 Å². The highest BCUT2D eigenvalue weighted by atomic mass is 16.3. The molecule has 4 nitrogen and oxygen atoms in total. The van der Waals surface area contributed by atoms with E-state index in [2.05, 4.69) is 5.32 Å². The van der Waals surface area contributed by atoms with E-state index in [4.69, 9.17) is 0 Å². The molecule has 0 fully saturated rings. The Balaban J connectivity index is 1.78. The first-order valence-corrected chi connectivity index (χ1v) is 6.56. The first-order chi connectivity index (χ1) is 9.65. The topological polar surface area (TPSA) is 52.6 Å². The van der Waals surface area contributed by atoms with Crippen molar-refractivity contribution in [2.45, 2.75) is 12.5 Å². The molecule has 3 rings (SSSR count). The van der Waals surface area contributed by atoms with Gasteiger partial charge in [0, 0.05) is 30.9 Å². The Kier molecular flexibility index (Phi) is 3.06. The van der Waals surface area contributed by atoms with Crippen LogP contribution in [0.3, 0.4) is 0 Å². The Morgan fingerprint density at radius 3 is 2.80 bits per heavy atom. The summed E-state index contributed by atoms with van der Waals surface area (Å²) >= 11 is 0. The van der Waals surface area contributed by atoms with Gasteiger partial charge in [0.25, 0.3) is 0 Å². The SMILES string of the molecule is CN(C(=O)[C@@H]1Cc2ccccc2N1)c1cccc(O)c1. The second-order valence-corrected chi connectivity index (χ2v) is 4.98. The zero-order valence-electron chi connectivity index (χ0n) is 11.2. The number of likely N-dealkylation sites (N-methyl/N-ethyl adjacent to an activating group) is 1. The van der Waals surface area contributed by atoms with E-state index in [0.29, 0.717) is 12.1 Å². The number of hydrogen-bond acceptors (Lipinski definition) is 3. The lowest BCUT2D eigenvalue weighted by Gasteiger charge is -2.21. The van der Waals surface area contributed by atoms with Gasteiger partial charge in [0.2, 0.25) is 5.91 Å². The summed E-state index contributed by atoms with van der Waals surface area (Å²) in [5.74, 6) is 0.150. The lowest BCUT2D eigenvalue weighted by molar-refractivity contribution is -0.118. The molecule has 1 aliphatic heterocycles. The van der Waals surface area contributed by atoms with Crippen LogP contribution in [0.15, 0.2) is 48.5 Å². The number of fused-ring (bicyclic) bond motifs is 1. The molecule has 20 heavy (non-hydrogen) atoms. The van der Waals surface area contributed by atoms with Crippen LogP contribution in [0.1, 0.15) is 5.56 Å². The molecule has 0 aliphatic carbocycles. The van der Waals surface area contributed by atoms with Crippen molar-refractivity contribution in [1.29, 1.82) is 0 Å². The summed E-state index contributed by atoms with van der Waals surface area (Å²) in [4.78, 5) is 14.1. The van der Waals surface area contributed by atoms with E-state index >= 15 is 0 Å². The van der Waals surface area contributed by atoms with Crippen LogP contribution in [0, 0.1) is 0 Å². The maximum Gasteiger partial charge on any atom is 0.249 e. The molecule has 4 heteroatoms. The minimum absolute atomic E-state index is 0.00759. The molecule has 0 aromatic heterocycles. The zero-order valence-corrected chi connectivity index (χ0v) is 11.2. The van der Waals surface area contributed by atoms with Gasteiger partial charge < -0.3 is 15.3 Å². The molecule has 1 aliphatic rings. The van der Waals surface area contributed by atoms with Crippen molar-refractivity contribution in [3.8, 4) is 5.75 Å². The van der Waals surface area contributed by atoms with Gasteiger partial charge in [-0.15, -0.1) is 0 Å². The van der Waals surface area contributed by atoms with Crippen LogP contribution < -0.4 is 10.2 Å². The monoisotopic (exact) mass is 268 g/mol. The predicted octanol–water partition coefficient (Wildman–Crippen LogP) is 2.39. The van der Waals surface area contributed by atoms with Crippen LogP contribution in [0.25, 0.3) is 0 Å². The number of aromatic hydroxyl groups is 1. The quantitative estimate of drug-likeness (QED) is 0.879. The van der Waals surface area contributed by atoms with Crippen LogP contribution in [-0.2, 0) is 11.2 Å². The lowest BCUT2D eigenvalue weighted by Crippen LogP contribution is -2.39. The van der Waals surface area contributed by atoms with Crippen LogP contribution >= 0.6 is 0 Å². The summed E-state index contributed by atoms with van der Waals surface area (Å²) in [6.45, 7) is 0. The minimum Gasteiger partial charge on any atom is -0.508 e. The normalized spacial score (nSPS) is 16.4. The highest BCUT2D eigenvalue weighted by molar-refractivity contribution is 5.99. The fourth-order valence-electron chi connectivity index (χ4n) is 2.51. The number of nitrogens with zero attached hydrogens (tertiary/aromatic N) is 1. The zero-order chi connectivity index (χ0) is 14.1. The van der Waals surface area contributed by atoms with Crippen molar-refractivity contribution in [3.05, 3.63) is 54.1 Å². The molecule has 2 N–H and O–H groups in total. The van der Waals surface area contributed by atoms with E-state index in [1.54, 1.807) is 36.2 Å². The molecule has 0 bridgehead atoms. The van der Waals surface area contributed by atoms with E-state index in [9.17, 15) is 9.90 Å². The molecule has 1 amide bonds. The summed E-state index contributed by atoms with van der Waals surface area (Å²) in [5.41, 5.74) is 2.87. The molecule has 2 aromatic carbocycles. The highest BCUT2D eigenvalue weighted by Gasteiger charge is 2.29. The summed E-state index contributed by atoms with van der Waals surface area (Å²) in [6, 6.07) is 14.4. The van der Waals surface area contributed by atoms with Gasteiger partial charge in [0.1, 0.15) is 11.8 Å². The van der Waals surface area contributed by atoms with Gasteiger partial charge in [-0.1, -0.05) is 24.3 Å². The number of phenols is 1. The van der Waals surface area contributed by atoms with Crippen molar-refractivity contribution in [2.75, 3.05) is 17.3 Å². The number of carbonyl (C=O) groups excluding carboxylic acids is 1. The molecule has 102 valence electrons. The van der Waals surface area contributed by atoms with Gasteiger partial charge in [-0.2, -0.15) is 0 Å². The van der Waals surface area contributed by atoms with Crippen LogP contribution in [0.5, 0.6) is 5.75 Å². The predicted molar refractivity (Wildman–Crippen MR) is 79.1 cm³/mol. The molecule has 0 unspecified atom stereocenters. The van der Waals surface area contributed by atoms with Crippen molar-refractivity contribution in [1.82, 2.24) is 0 Å². The van der Waals surface area contributed by atoms with Gasteiger partial charge in [0.05, 0.1) is 0 Å². The third kappa shape index (κ3) is 2.20. The third-order valence-corrected chi connectivity index (χ3v) is 3.62. The number of nitrogens with one attached hydrogen (secondary N) is 1. The van der Waals surface area contributed by atoms with E-state index in [-0.39, 0.29) is 17.7 Å². The fourth-order valence-corrected chi connectivity index (χ4v) is 2.51. The van der Waals surface area contributed by atoms with Gasteiger partial charge in [-0.3, -0.25) is 4.79 Å². The second-order valence-electron chi connectivity index (χ2n) is 4.98. The number of amides is 1. The molecular weight excluding hydrogens is 252 g/mol. The first-order valence-electron chi connectivity index (χ1n) is 6.56. The summed E-state index contributed by atoms with van der Waals surface area (Å²) < 4.78 is 0. The maximum absolute atomic E-state index is 12.5. The standard InChI is InChI=1S/C16H16N2O2/c1-18(12-6-4-7-13(19)10-12)16(20)15-9-11-5-2-3-8-14(11)17-15/h2-8,10,15,17,19H,9H2,1H3/t15-/m0/s1. The first kappa shape index (κ1) is 12.5. The van der Waals surface area contributed by atoms with E-state index in [1.807, 2.05) is 24.3 Å². The van der Waals surface area contributed by atoms with Gasteiger partial charge in [-0.25, -0.2) is 0 Å². The number of benzene rings is 2. The number of rotatable bonds is 2. The van der Waals surface area contributed by atoms with Crippen molar-refractivity contribution in [2.24, 2.45) is 0 Å². The molecular formula is C16H16N2O2. The van der Waals surface area contributed by atoms with Crippen molar-refractivity contribution >= 4 is 17.3 Å². The molecule has 0 saturated heterocycles. The van der Waals surface area contributed by atoms with E-state index in [0.717, 1.165) is 11.3 Å². The van der Waals surface area contributed by atoms with E-state index in [1.165, 1.54) is 0 Å². The number of phenolic OH excluding ortho intramolecular Hbond substituents is 1. The Labute approximate surface area is 117 Å². The minimum atomic E-state index is -0.250. The highest BCUT2D eigenvalue weighted by Crippen LogP contribution is 2.27.